The van der Waals surface area contributed by atoms with Crippen molar-refractivity contribution in [2.24, 2.45) is 28.6 Å². The standard InChI is InChI=1S/2C28H27F2N3O3.C25H23F2N3O3/c2*29-21-2-1-19(8-22(21)30)33-24-7-16-14-31-32-23(16)9-20(24)25(26(33)15-3-5-36-6-4-15)17-10-28(11-17)12-18(13-28)27(34)35;26-19-2-1-17(10-20(19)27)30-22-9-16-12-28-29-21(16)11-18(22)23(14-7-15(8-14)25(31)32)24(30)13-3-5-33-6-4-13/h2*1-2,7-9,14-15,17-18H,3-6,10-13H2,(H,31,32)(H,34,35);1-2,9-15H,3-8H2,(H,28,29)(H,31,32). The molecule has 3 aliphatic heterocycles. The maximum absolute atomic E-state index is 14.5. The number of aromatic amines is 3. The number of hydrogen-bond donors (Lipinski definition) is 6. The number of carboxylic acids is 3. The smallest absolute Gasteiger partial charge is 0.306 e. The number of aliphatic carboxylic acids is 3. The number of H-pyrrole nitrogens is 3. The number of ether oxygens (including phenoxy) is 3. The molecule has 5 saturated carbocycles. The summed E-state index contributed by atoms with van der Waals surface area (Å²) in [6.07, 6.45) is 18.4. The first-order chi connectivity index (χ1) is 50.9. The van der Waals surface area contributed by atoms with Gasteiger partial charge in [0.15, 0.2) is 34.9 Å². The highest BCUT2D eigenvalue weighted by atomic mass is 19.2. The normalized spacial score (nSPS) is 24.9. The van der Waals surface area contributed by atoms with Gasteiger partial charge in [-0.15, -0.1) is 0 Å². The molecule has 8 fully saturated rings. The minimum absolute atomic E-state index is 0.0957. The van der Waals surface area contributed by atoms with Gasteiger partial charge in [-0.1, -0.05) is 0 Å². The number of aromatic nitrogens is 9. The van der Waals surface area contributed by atoms with Gasteiger partial charge >= 0.3 is 17.9 Å². The fourth-order valence-corrected chi connectivity index (χ4v) is 19.8. The summed E-state index contributed by atoms with van der Waals surface area (Å²) in [7, 11) is 0. The summed E-state index contributed by atoms with van der Waals surface area (Å²) >= 11 is 0. The molecule has 542 valence electrons. The summed E-state index contributed by atoms with van der Waals surface area (Å²) in [4.78, 5) is 34.4. The molecule has 8 aliphatic rings. The van der Waals surface area contributed by atoms with E-state index in [4.69, 9.17) is 14.2 Å². The number of carbonyl (C=O) groups is 3. The van der Waals surface area contributed by atoms with Crippen molar-refractivity contribution in [2.45, 2.75) is 138 Å². The summed E-state index contributed by atoms with van der Waals surface area (Å²) in [5.74, 6) is -6.86. The van der Waals surface area contributed by atoms with Crippen molar-refractivity contribution in [3.63, 3.8) is 0 Å². The Morgan fingerprint density at radius 1 is 0.371 bits per heavy atom. The number of fused-ring (bicyclic) bond motifs is 6. The van der Waals surface area contributed by atoms with Crippen LogP contribution in [0, 0.1) is 63.5 Å². The van der Waals surface area contributed by atoms with E-state index >= 15 is 0 Å². The molecule has 6 aromatic carbocycles. The predicted octanol–water partition coefficient (Wildman–Crippen LogP) is 17.3. The van der Waals surface area contributed by atoms with Crippen LogP contribution >= 0.6 is 0 Å². The van der Waals surface area contributed by atoms with E-state index in [-0.39, 0.29) is 52.3 Å². The van der Waals surface area contributed by atoms with E-state index in [1.807, 2.05) is 10.6 Å². The van der Waals surface area contributed by atoms with Crippen LogP contribution in [0.15, 0.2) is 110 Å². The van der Waals surface area contributed by atoms with E-state index in [0.29, 0.717) is 81.4 Å². The summed E-state index contributed by atoms with van der Waals surface area (Å²) in [6.45, 7) is 3.95. The van der Waals surface area contributed by atoms with Crippen molar-refractivity contribution in [2.75, 3.05) is 39.6 Å². The average molecular weight is 1430 g/mol. The van der Waals surface area contributed by atoms with Gasteiger partial charge in [-0.3, -0.25) is 29.7 Å². The molecule has 2 spiro atoms. The first-order valence-electron chi connectivity index (χ1n) is 36.7. The van der Waals surface area contributed by atoms with Crippen LogP contribution in [-0.2, 0) is 28.6 Å². The number of hydrogen-bond acceptors (Lipinski definition) is 9. The SMILES string of the molecule is O=C(O)C1CC(c2c(C3CCOCC3)n(-c3ccc(F)c(F)c3)c3cc4cn[nH]c4cc23)C1.O=C(O)C1CC2(C1)CC(c1c(C3CCOCC3)n(-c3ccc(F)c(F)c3)c3cc4cn[nH]c4cc13)C2.O=C(O)C1CC2(C1)CC(c1c(C3CCOCC3)n(-c3ccc(F)c(F)c3)c3cc4cn[nH]c4cc13)C2. The largest absolute Gasteiger partial charge is 0.481 e. The van der Waals surface area contributed by atoms with Crippen LogP contribution in [0.1, 0.15) is 172 Å². The lowest BCUT2D eigenvalue weighted by Crippen LogP contribution is -2.49. The molecule has 6 N–H and O–H groups in total. The van der Waals surface area contributed by atoms with Gasteiger partial charge < -0.3 is 43.2 Å². The second kappa shape index (κ2) is 26.1. The molecule has 18 nitrogen and oxygen atoms in total. The van der Waals surface area contributed by atoms with Crippen LogP contribution < -0.4 is 0 Å². The van der Waals surface area contributed by atoms with Crippen molar-refractivity contribution >= 4 is 83.3 Å². The van der Waals surface area contributed by atoms with E-state index in [2.05, 4.69) is 70.1 Å². The van der Waals surface area contributed by atoms with Crippen LogP contribution in [0.4, 0.5) is 26.3 Å². The van der Waals surface area contributed by atoms with Gasteiger partial charge in [-0.2, -0.15) is 15.3 Å². The van der Waals surface area contributed by atoms with Gasteiger partial charge in [0, 0.05) is 142 Å². The topological polar surface area (TPSA) is 240 Å². The minimum Gasteiger partial charge on any atom is -0.481 e. The molecule has 6 aromatic heterocycles. The highest BCUT2D eigenvalue weighted by molar-refractivity contribution is 6.02. The first kappa shape index (κ1) is 67.1. The Hall–Kier alpha value is -9.78. The van der Waals surface area contributed by atoms with Crippen molar-refractivity contribution in [3.8, 4) is 17.1 Å². The Balaban J connectivity index is 0.000000112. The van der Waals surface area contributed by atoms with Crippen LogP contribution in [0.25, 0.3) is 82.5 Å². The first-order valence-corrected chi connectivity index (χ1v) is 36.7. The Bertz CT molecular complexity index is 5220. The monoisotopic (exact) mass is 1430 g/mol. The lowest BCUT2D eigenvalue weighted by Gasteiger charge is -2.57. The fourth-order valence-electron chi connectivity index (χ4n) is 19.8. The molecular formula is C81H77F6N9O9. The Kier molecular flexibility index (Phi) is 16.7. The Morgan fingerprint density at radius 2 is 0.667 bits per heavy atom. The summed E-state index contributed by atoms with van der Waals surface area (Å²) in [5, 5.41) is 56.1. The van der Waals surface area contributed by atoms with Gasteiger partial charge in [-0.05, 0) is 221 Å². The number of nitrogens with zero attached hydrogens (tertiary/aromatic N) is 6. The summed E-state index contributed by atoms with van der Waals surface area (Å²) in [5.41, 5.74) is 14.6. The number of rotatable bonds is 12. The second-order valence-electron chi connectivity index (χ2n) is 31.1. The van der Waals surface area contributed by atoms with E-state index in [1.54, 1.807) is 36.8 Å². The van der Waals surface area contributed by atoms with Crippen molar-refractivity contribution < 1.29 is 70.3 Å². The molecule has 0 radical (unpaired) electrons. The van der Waals surface area contributed by atoms with E-state index in [0.717, 1.165) is 184 Å². The fraction of sp³-hybridized carbons (Fsp3) is 0.407. The van der Waals surface area contributed by atoms with Gasteiger partial charge in [0.05, 0.1) is 69.4 Å². The molecule has 12 aromatic rings. The van der Waals surface area contributed by atoms with Crippen LogP contribution in [0.3, 0.4) is 0 Å². The van der Waals surface area contributed by atoms with E-state index in [1.165, 1.54) is 41.5 Å². The number of halogens is 6. The third-order valence-corrected chi connectivity index (χ3v) is 25.0. The zero-order valence-electron chi connectivity index (χ0n) is 57.4. The highest BCUT2D eigenvalue weighted by Crippen LogP contribution is 2.67. The Labute approximate surface area is 597 Å². The van der Waals surface area contributed by atoms with Crippen molar-refractivity contribution in [3.05, 3.63) is 178 Å². The molecule has 0 atom stereocenters. The average Bonchev–Trinajstić information content (AvgIpc) is 1.63. The second-order valence-corrected chi connectivity index (χ2v) is 31.1. The van der Waals surface area contributed by atoms with Crippen LogP contribution in [0.2, 0.25) is 0 Å². The van der Waals surface area contributed by atoms with Crippen LogP contribution in [-0.4, -0.2) is 117 Å². The third-order valence-electron chi connectivity index (χ3n) is 25.0. The number of carboxylic acid groups (broad SMARTS) is 3. The third kappa shape index (κ3) is 11.6. The van der Waals surface area contributed by atoms with Crippen molar-refractivity contribution in [1.82, 2.24) is 44.3 Å². The van der Waals surface area contributed by atoms with Gasteiger partial charge in [0.2, 0.25) is 0 Å². The van der Waals surface area contributed by atoms with E-state index < -0.39 is 52.8 Å². The molecule has 9 heterocycles. The molecular weight excluding hydrogens is 1360 g/mol. The van der Waals surface area contributed by atoms with Crippen LogP contribution in [0.5, 0.6) is 0 Å². The van der Waals surface area contributed by atoms with Crippen molar-refractivity contribution in [1.29, 1.82) is 0 Å². The minimum atomic E-state index is -0.896. The van der Waals surface area contributed by atoms with Gasteiger partial charge in [-0.25, -0.2) is 26.3 Å². The lowest BCUT2D eigenvalue weighted by molar-refractivity contribution is -0.156. The molecule has 105 heavy (non-hydrogen) atoms. The summed E-state index contributed by atoms with van der Waals surface area (Å²) < 4.78 is 108. The van der Waals surface area contributed by atoms with Gasteiger partial charge in [0.1, 0.15) is 0 Å². The maximum atomic E-state index is 14.5. The molecule has 0 bridgehead atoms. The molecule has 24 heteroatoms. The highest BCUT2D eigenvalue weighted by Gasteiger charge is 2.58. The molecule has 0 amide bonds. The molecule has 3 saturated heterocycles. The zero-order valence-corrected chi connectivity index (χ0v) is 57.4. The summed E-state index contributed by atoms with van der Waals surface area (Å²) in [6, 6.07) is 24.8. The molecule has 5 aliphatic carbocycles. The predicted molar refractivity (Wildman–Crippen MR) is 380 cm³/mol. The molecule has 20 rings (SSSR count). The van der Waals surface area contributed by atoms with E-state index in [9.17, 15) is 56.0 Å². The quantitative estimate of drug-likeness (QED) is 0.0626. The number of nitrogens with one attached hydrogen (secondary N) is 3. The maximum Gasteiger partial charge on any atom is 0.306 e. The lowest BCUT2D eigenvalue weighted by atomic mass is 9.47. The number of benzene rings is 6. The van der Waals surface area contributed by atoms with Gasteiger partial charge in [0.25, 0.3) is 0 Å². The Morgan fingerprint density at radius 3 is 0.952 bits per heavy atom. The zero-order chi connectivity index (χ0) is 71.9. The molecule has 0 unspecified atom stereocenters.